The second kappa shape index (κ2) is 3.75. The summed E-state index contributed by atoms with van der Waals surface area (Å²) in [5.41, 5.74) is 6.51. The lowest BCUT2D eigenvalue weighted by Crippen LogP contribution is -2.58. The Morgan fingerprint density at radius 3 is 2.35 bits per heavy atom. The maximum Gasteiger partial charge on any atom is 0.159 e. The summed E-state index contributed by atoms with van der Waals surface area (Å²) < 4.78 is 31.5. The molecule has 1 saturated heterocycles. The topological polar surface area (TPSA) is 35.2 Å². The van der Waals surface area contributed by atoms with E-state index in [0.29, 0.717) is 19.1 Å². The fourth-order valence-corrected chi connectivity index (χ4v) is 2.88. The van der Waals surface area contributed by atoms with Crippen molar-refractivity contribution in [1.29, 1.82) is 0 Å². The van der Waals surface area contributed by atoms with Crippen molar-refractivity contribution in [2.24, 2.45) is 11.7 Å². The van der Waals surface area contributed by atoms with Crippen LogP contribution in [0.1, 0.15) is 18.4 Å². The fraction of sp³-hybridized carbons (Fsp3) is 0.538. The predicted molar refractivity (Wildman–Crippen MR) is 59.6 cm³/mol. The largest absolute Gasteiger partial charge is 0.379 e. The van der Waals surface area contributed by atoms with Crippen molar-refractivity contribution >= 4 is 0 Å². The van der Waals surface area contributed by atoms with Crippen LogP contribution in [0, 0.1) is 17.6 Å². The van der Waals surface area contributed by atoms with Crippen LogP contribution in [-0.2, 0) is 10.2 Å². The second-order valence-corrected chi connectivity index (χ2v) is 5.21. The first-order valence-electron chi connectivity index (χ1n) is 5.91. The summed E-state index contributed by atoms with van der Waals surface area (Å²) >= 11 is 0. The number of nitrogens with two attached hydrogens (primary N) is 1. The van der Waals surface area contributed by atoms with Crippen molar-refractivity contribution in [1.82, 2.24) is 0 Å². The summed E-state index contributed by atoms with van der Waals surface area (Å²) in [5.74, 6) is -1.14. The van der Waals surface area contributed by atoms with Gasteiger partial charge in [0.05, 0.1) is 13.2 Å². The smallest absolute Gasteiger partial charge is 0.159 e. The minimum Gasteiger partial charge on any atom is -0.379 e. The Hall–Kier alpha value is -1.00. The molecule has 0 aromatic heterocycles. The minimum absolute atomic E-state index is 0.135. The zero-order valence-corrected chi connectivity index (χ0v) is 9.46. The third-order valence-electron chi connectivity index (χ3n) is 4.17. The van der Waals surface area contributed by atoms with Gasteiger partial charge in [0.2, 0.25) is 0 Å². The van der Waals surface area contributed by atoms with Crippen LogP contribution in [0.2, 0.25) is 0 Å². The maximum absolute atomic E-state index is 13.3. The number of halogens is 2. The quantitative estimate of drug-likeness (QED) is 0.856. The molecule has 4 heteroatoms. The molecular formula is C13H15F2NO. The van der Waals surface area contributed by atoms with Crippen LogP contribution in [-0.4, -0.2) is 19.3 Å². The van der Waals surface area contributed by atoms with Crippen molar-refractivity contribution in [2.45, 2.75) is 24.3 Å². The number of rotatable bonds is 2. The van der Waals surface area contributed by atoms with E-state index in [1.165, 1.54) is 12.1 Å². The Morgan fingerprint density at radius 1 is 1.18 bits per heavy atom. The van der Waals surface area contributed by atoms with Gasteiger partial charge in [-0.15, -0.1) is 0 Å². The third kappa shape index (κ3) is 1.58. The molecule has 1 saturated carbocycles. The van der Waals surface area contributed by atoms with E-state index in [1.807, 2.05) is 0 Å². The van der Waals surface area contributed by atoms with E-state index >= 15 is 0 Å². The summed E-state index contributed by atoms with van der Waals surface area (Å²) in [6, 6.07) is 4.43. The highest BCUT2D eigenvalue weighted by Crippen LogP contribution is 2.48. The van der Waals surface area contributed by atoms with Crippen LogP contribution in [0.3, 0.4) is 0 Å². The van der Waals surface area contributed by atoms with Gasteiger partial charge in [0.15, 0.2) is 11.6 Å². The van der Waals surface area contributed by atoms with Gasteiger partial charge < -0.3 is 10.5 Å². The molecule has 3 rings (SSSR count). The SMILES string of the molecule is NC1CC(C2(c3ccc(F)c(F)c3)COC2)C1. The lowest BCUT2D eigenvalue weighted by atomic mass is 9.59. The molecule has 0 atom stereocenters. The van der Waals surface area contributed by atoms with E-state index in [4.69, 9.17) is 10.5 Å². The summed E-state index contributed by atoms with van der Waals surface area (Å²) in [7, 11) is 0. The van der Waals surface area contributed by atoms with E-state index in [-0.39, 0.29) is 11.5 Å². The van der Waals surface area contributed by atoms with Crippen LogP contribution in [0.5, 0.6) is 0 Å². The first kappa shape index (κ1) is 11.1. The predicted octanol–water partition coefficient (Wildman–Crippen LogP) is 1.97. The van der Waals surface area contributed by atoms with Crippen molar-refractivity contribution in [3.8, 4) is 0 Å². The van der Waals surface area contributed by atoms with Crippen molar-refractivity contribution in [3.05, 3.63) is 35.4 Å². The van der Waals surface area contributed by atoms with Gasteiger partial charge >= 0.3 is 0 Å². The van der Waals surface area contributed by atoms with Gasteiger partial charge in [0.1, 0.15) is 0 Å². The maximum atomic E-state index is 13.3. The molecule has 92 valence electrons. The molecule has 2 nitrogen and oxygen atoms in total. The average molecular weight is 239 g/mol. The lowest BCUT2D eigenvalue weighted by molar-refractivity contribution is -0.111. The van der Waals surface area contributed by atoms with Crippen molar-refractivity contribution < 1.29 is 13.5 Å². The number of hydrogen-bond acceptors (Lipinski definition) is 2. The molecule has 2 N–H and O–H groups in total. The molecule has 2 aliphatic rings. The zero-order chi connectivity index (χ0) is 12.0. The van der Waals surface area contributed by atoms with Gasteiger partial charge in [-0.25, -0.2) is 8.78 Å². The van der Waals surface area contributed by atoms with Gasteiger partial charge in [-0.3, -0.25) is 0 Å². The molecule has 1 aliphatic carbocycles. The van der Waals surface area contributed by atoms with Crippen LogP contribution in [0.4, 0.5) is 8.78 Å². The highest BCUT2D eigenvalue weighted by atomic mass is 19.2. The first-order valence-corrected chi connectivity index (χ1v) is 5.91. The second-order valence-electron chi connectivity index (χ2n) is 5.21. The Morgan fingerprint density at radius 2 is 1.88 bits per heavy atom. The zero-order valence-electron chi connectivity index (χ0n) is 9.46. The normalized spacial score (nSPS) is 30.5. The minimum atomic E-state index is -0.797. The van der Waals surface area contributed by atoms with Crippen LogP contribution in [0.25, 0.3) is 0 Å². The van der Waals surface area contributed by atoms with Crippen LogP contribution >= 0.6 is 0 Å². The van der Waals surface area contributed by atoms with Gasteiger partial charge in [-0.2, -0.15) is 0 Å². The van der Waals surface area contributed by atoms with E-state index < -0.39 is 11.6 Å². The lowest BCUT2D eigenvalue weighted by Gasteiger charge is -2.53. The van der Waals surface area contributed by atoms with Crippen molar-refractivity contribution in [3.63, 3.8) is 0 Å². The van der Waals surface area contributed by atoms with E-state index in [9.17, 15) is 8.78 Å². The standard InChI is InChI=1S/C13H15F2NO/c14-11-2-1-8(5-12(11)15)13(6-17-7-13)9-3-10(16)4-9/h1-2,5,9-10H,3-4,6-7,16H2. The number of ether oxygens (including phenoxy) is 1. The van der Waals surface area contributed by atoms with E-state index in [2.05, 4.69) is 0 Å². The molecule has 1 aromatic rings. The summed E-state index contributed by atoms with van der Waals surface area (Å²) in [5, 5.41) is 0. The Labute approximate surface area is 98.8 Å². The van der Waals surface area contributed by atoms with Crippen LogP contribution < -0.4 is 5.73 Å². The molecule has 17 heavy (non-hydrogen) atoms. The third-order valence-corrected chi connectivity index (χ3v) is 4.17. The Bertz CT molecular complexity index is 439. The first-order chi connectivity index (χ1) is 8.12. The molecule has 1 heterocycles. The molecule has 0 radical (unpaired) electrons. The molecule has 0 spiro atoms. The summed E-state index contributed by atoms with van der Waals surface area (Å²) in [4.78, 5) is 0. The van der Waals surface area contributed by atoms with Crippen LogP contribution in [0.15, 0.2) is 18.2 Å². The highest BCUT2D eigenvalue weighted by molar-refractivity contribution is 5.31. The molecule has 1 aromatic carbocycles. The van der Waals surface area contributed by atoms with Gasteiger partial charge in [-0.05, 0) is 36.5 Å². The van der Waals surface area contributed by atoms with Gasteiger partial charge in [-0.1, -0.05) is 6.07 Å². The summed E-state index contributed by atoms with van der Waals surface area (Å²) in [6.07, 6.45) is 1.89. The van der Waals surface area contributed by atoms with E-state index in [0.717, 1.165) is 18.4 Å². The molecule has 0 unspecified atom stereocenters. The Kier molecular flexibility index (Phi) is 2.45. The van der Waals surface area contributed by atoms with Gasteiger partial charge in [0, 0.05) is 11.5 Å². The van der Waals surface area contributed by atoms with E-state index in [1.54, 1.807) is 6.07 Å². The average Bonchev–Trinajstić information content (AvgIpc) is 2.19. The Balaban J connectivity index is 1.91. The number of hydrogen-bond donors (Lipinski definition) is 1. The molecular weight excluding hydrogens is 224 g/mol. The molecule has 0 bridgehead atoms. The number of benzene rings is 1. The monoisotopic (exact) mass is 239 g/mol. The molecule has 2 fully saturated rings. The van der Waals surface area contributed by atoms with Crippen molar-refractivity contribution in [2.75, 3.05) is 13.2 Å². The molecule has 0 amide bonds. The fourth-order valence-electron chi connectivity index (χ4n) is 2.88. The van der Waals surface area contributed by atoms with Gasteiger partial charge in [0.25, 0.3) is 0 Å². The highest BCUT2D eigenvalue weighted by Gasteiger charge is 2.51. The summed E-state index contributed by atoms with van der Waals surface area (Å²) in [6.45, 7) is 1.19. The molecule has 1 aliphatic heterocycles.